The molecule has 7 heteroatoms. The average molecular weight is 512 g/mol. The second kappa shape index (κ2) is 12.1. The first-order valence-corrected chi connectivity index (χ1v) is 11.3. The Balaban J connectivity index is 1.93. The molecule has 0 spiro atoms. The lowest BCUT2D eigenvalue weighted by molar-refractivity contribution is -0.128. The van der Waals surface area contributed by atoms with Crippen LogP contribution in [0.25, 0.3) is 0 Å². The van der Waals surface area contributed by atoms with Crippen LogP contribution in [0.15, 0.2) is 71.2 Å². The van der Waals surface area contributed by atoms with Crippen molar-refractivity contribution in [2.75, 3.05) is 25.1 Å². The summed E-state index contributed by atoms with van der Waals surface area (Å²) in [6.45, 7) is 3.58. The number of anilines is 1. The number of carbonyl (C=O) groups excluding carboxylic acids is 2. The second-order valence-electron chi connectivity index (χ2n) is 7.42. The van der Waals surface area contributed by atoms with E-state index in [4.69, 9.17) is 14.2 Å². The lowest BCUT2D eigenvalue weighted by Gasteiger charge is -2.25. The predicted molar refractivity (Wildman–Crippen MR) is 131 cm³/mol. The lowest BCUT2D eigenvalue weighted by Crippen LogP contribution is -2.23. The van der Waals surface area contributed by atoms with Gasteiger partial charge in [-0.15, -0.1) is 0 Å². The maximum absolute atomic E-state index is 13.3. The topological polar surface area (TPSA) is 65.1 Å². The van der Waals surface area contributed by atoms with Crippen LogP contribution in [-0.4, -0.2) is 32.6 Å². The summed E-state index contributed by atoms with van der Waals surface area (Å²) in [5.74, 6) is 0.401. The van der Waals surface area contributed by atoms with Gasteiger partial charge in [0.25, 0.3) is 6.47 Å². The fourth-order valence-corrected chi connectivity index (χ4v) is 4.31. The molecule has 0 aromatic heterocycles. The van der Waals surface area contributed by atoms with Crippen LogP contribution < -0.4 is 14.4 Å². The fourth-order valence-electron chi connectivity index (χ4n) is 3.50. The van der Waals surface area contributed by atoms with Crippen LogP contribution in [0.4, 0.5) is 5.69 Å². The number of nitrogens with zero attached hydrogens (tertiary/aromatic N) is 1. The first-order valence-electron chi connectivity index (χ1n) is 10.5. The molecule has 0 radical (unpaired) electrons. The summed E-state index contributed by atoms with van der Waals surface area (Å²) < 4.78 is 17.3. The van der Waals surface area contributed by atoms with Gasteiger partial charge in [-0.25, -0.2) is 4.79 Å². The average Bonchev–Trinajstić information content (AvgIpc) is 2.81. The van der Waals surface area contributed by atoms with Crippen molar-refractivity contribution in [1.29, 1.82) is 0 Å². The normalized spacial score (nSPS) is 10.4. The first kappa shape index (κ1) is 24.3. The molecule has 0 unspecified atom stereocenters. The number of esters is 1. The smallest absolute Gasteiger partial charge is 0.347 e. The Morgan fingerprint density at radius 1 is 1.06 bits per heavy atom. The number of carbonyl (C=O) groups is 2. The van der Waals surface area contributed by atoms with E-state index in [1.54, 1.807) is 18.2 Å². The summed E-state index contributed by atoms with van der Waals surface area (Å²) in [4.78, 5) is 25.7. The van der Waals surface area contributed by atoms with Crippen LogP contribution in [0, 0.1) is 6.92 Å². The molecular formula is C26H26BrNO5. The van der Waals surface area contributed by atoms with Gasteiger partial charge in [-0.2, -0.15) is 0 Å². The number of halogens is 1. The lowest BCUT2D eigenvalue weighted by atomic mass is 10.0. The molecule has 0 saturated heterocycles. The minimum absolute atomic E-state index is 0.316. The van der Waals surface area contributed by atoms with Crippen LogP contribution in [0.2, 0.25) is 0 Å². The maximum atomic E-state index is 13.3. The largest absolute Gasteiger partial charge is 0.488 e. The molecule has 0 bridgehead atoms. The molecule has 0 atom stereocenters. The van der Waals surface area contributed by atoms with Gasteiger partial charge >= 0.3 is 5.97 Å². The van der Waals surface area contributed by atoms with Crippen LogP contribution in [0.1, 0.15) is 27.9 Å². The van der Waals surface area contributed by atoms with Crippen LogP contribution in [0.3, 0.4) is 0 Å². The van der Waals surface area contributed by atoms with Crippen molar-refractivity contribution in [3.63, 3.8) is 0 Å². The van der Waals surface area contributed by atoms with Gasteiger partial charge in [0.15, 0.2) is 0 Å². The van der Waals surface area contributed by atoms with Crippen molar-refractivity contribution < 1.29 is 23.8 Å². The van der Waals surface area contributed by atoms with Gasteiger partial charge in [0.1, 0.15) is 23.7 Å². The Labute approximate surface area is 202 Å². The number of rotatable bonds is 11. The highest BCUT2D eigenvalue weighted by atomic mass is 79.9. The Morgan fingerprint density at radius 2 is 1.73 bits per heavy atom. The number of hydrogen-bond donors (Lipinski definition) is 0. The summed E-state index contributed by atoms with van der Waals surface area (Å²) in [7, 11) is 1.92. The summed E-state index contributed by atoms with van der Waals surface area (Å²) in [6, 6.07) is 20.5. The zero-order valence-corrected chi connectivity index (χ0v) is 20.2. The highest BCUT2D eigenvalue weighted by Gasteiger charge is 2.24. The Hall–Kier alpha value is -3.32. The van der Waals surface area contributed by atoms with Gasteiger partial charge in [0.05, 0.1) is 12.3 Å². The van der Waals surface area contributed by atoms with E-state index >= 15 is 0 Å². The SMILES string of the molecule is Cc1c(C(=O)Oc2ccccc2)c(OCc2ccccc2)cc(Br)c1N(C)CCCOC=O. The molecule has 0 fully saturated rings. The molecule has 3 aromatic carbocycles. The minimum Gasteiger partial charge on any atom is -0.488 e. The third-order valence-electron chi connectivity index (χ3n) is 5.06. The van der Waals surface area contributed by atoms with Crippen molar-refractivity contribution in [2.45, 2.75) is 20.0 Å². The molecular weight excluding hydrogens is 486 g/mol. The monoisotopic (exact) mass is 511 g/mol. The van der Waals surface area contributed by atoms with Crippen LogP contribution in [-0.2, 0) is 16.1 Å². The van der Waals surface area contributed by atoms with Gasteiger partial charge in [-0.3, -0.25) is 4.79 Å². The Bertz CT molecular complexity index is 1070. The van der Waals surface area contributed by atoms with E-state index in [0.717, 1.165) is 21.3 Å². The first-order chi connectivity index (χ1) is 16.0. The minimum atomic E-state index is -0.492. The van der Waals surface area contributed by atoms with Gasteiger partial charge in [-0.05, 0) is 58.6 Å². The fraction of sp³-hybridized carbons (Fsp3) is 0.231. The highest BCUT2D eigenvalue weighted by molar-refractivity contribution is 9.10. The van der Waals surface area contributed by atoms with Crippen molar-refractivity contribution in [3.05, 3.63) is 87.9 Å². The Kier molecular flexibility index (Phi) is 8.89. The molecule has 172 valence electrons. The van der Waals surface area contributed by atoms with E-state index in [9.17, 15) is 9.59 Å². The van der Waals surface area contributed by atoms with Gasteiger partial charge in [-0.1, -0.05) is 48.5 Å². The van der Waals surface area contributed by atoms with Crippen molar-refractivity contribution in [3.8, 4) is 11.5 Å². The molecule has 0 saturated carbocycles. The molecule has 0 N–H and O–H groups in total. The quantitative estimate of drug-likeness (QED) is 0.145. The molecule has 0 amide bonds. The zero-order valence-electron chi connectivity index (χ0n) is 18.6. The zero-order chi connectivity index (χ0) is 23.6. The van der Waals surface area contributed by atoms with E-state index in [-0.39, 0.29) is 0 Å². The van der Waals surface area contributed by atoms with Gasteiger partial charge in [0, 0.05) is 18.1 Å². The van der Waals surface area contributed by atoms with Crippen molar-refractivity contribution in [2.24, 2.45) is 0 Å². The molecule has 0 aliphatic heterocycles. The molecule has 0 aliphatic carbocycles. The predicted octanol–water partition coefficient (Wildman–Crippen LogP) is 5.56. The molecule has 3 rings (SSSR count). The van der Waals surface area contributed by atoms with Crippen molar-refractivity contribution >= 4 is 34.1 Å². The number of benzene rings is 3. The molecule has 3 aromatic rings. The summed E-state index contributed by atoms with van der Waals surface area (Å²) in [5, 5.41) is 0. The van der Waals surface area contributed by atoms with Gasteiger partial charge < -0.3 is 19.1 Å². The second-order valence-corrected chi connectivity index (χ2v) is 8.28. The van der Waals surface area contributed by atoms with E-state index < -0.39 is 5.97 Å². The number of para-hydroxylation sites is 1. The summed E-state index contributed by atoms with van der Waals surface area (Å²) in [5.41, 5.74) is 2.93. The van der Waals surface area contributed by atoms with Crippen LogP contribution >= 0.6 is 15.9 Å². The Morgan fingerprint density at radius 3 is 2.39 bits per heavy atom. The third kappa shape index (κ3) is 6.58. The molecule has 6 nitrogen and oxygen atoms in total. The van der Waals surface area contributed by atoms with Crippen molar-refractivity contribution in [1.82, 2.24) is 0 Å². The maximum Gasteiger partial charge on any atom is 0.347 e. The third-order valence-corrected chi connectivity index (χ3v) is 5.67. The van der Waals surface area contributed by atoms with Crippen LogP contribution in [0.5, 0.6) is 11.5 Å². The highest BCUT2D eigenvalue weighted by Crippen LogP contribution is 2.38. The van der Waals surface area contributed by atoms with E-state index in [1.807, 2.05) is 67.4 Å². The number of ether oxygens (including phenoxy) is 3. The molecule has 0 aliphatic rings. The van der Waals surface area contributed by atoms with Gasteiger partial charge in [0.2, 0.25) is 0 Å². The van der Waals surface area contributed by atoms with E-state index in [0.29, 0.717) is 49.7 Å². The summed E-state index contributed by atoms with van der Waals surface area (Å²) in [6.07, 6.45) is 0.650. The van der Waals surface area contributed by atoms with E-state index in [2.05, 4.69) is 15.9 Å². The summed E-state index contributed by atoms with van der Waals surface area (Å²) >= 11 is 3.64. The molecule has 33 heavy (non-hydrogen) atoms. The van der Waals surface area contributed by atoms with E-state index in [1.165, 1.54) is 0 Å². The number of hydrogen-bond acceptors (Lipinski definition) is 6. The standard InChI is InChI=1S/C26H26BrNO5/c1-19-24(26(30)33-21-12-7-4-8-13-21)23(32-17-20-10-5-3-6-11-20)16-22(27)25(19)28(2)14-9-15-31-18-29/h3-8,10-13,16,18H,9,14-15,17H2,1-2H3. The molecule has 0 heterocycles.